The van der Waals surface area contributed by atoms with Gasteiger partial charge < -0.3 is 10.8 Å². The van der Waals surface area contributed by atoms with Gasteiger partial charge in [0.05, 0.1) is 23.4 Å². The first-order valence-electron chi connectivity index (χ1n) is 9.41. The van der Waals surface area contributed by atoms with E-state index in [2.05, 4.69) is 15.0 Å². The van der Waals surface area contributed by atoms with Gasteiger partial charge in [0.15, 0.2) is 0 Å². The van der Waals surface area contributed by atoms with E-state index < -0.39 is 5.41 Å². The summed E-state index contributed by atoms with van der Waals surface area (Å²) < 4.78 is 0. The Morgan fingerprint density at radius 3 is 2.39 bits per heavy atom. The third-order valence-corrected chi connectivity index (χ3v) is 5.79. The smallest absolute Gasteiger partial charge is 0.229 e. The number of aliphatic hydroxyl groups excluding tert-OH is 1. The second kappa shape index (κ2) is 6.34. The van der Waals surface area contributed by atoms with Crippen LogP contribution in [0.2, 0.25) is 0 Å². The Kier molecular flexibility index (Phi) is 4.19. The summed E-state index contributed by atoms with van der Waals surface area (Å²) in [6.07, 6.45) is 6.91. The first-order valence-corrected chi connectivity index (χ1v) is 9.41. The van der Waals surface area contributed by atoms with Gasteiger partial charge in [0, 0.05) is 46.0 Å². The average Bonchev–Trinajstić information content (AvgIpc) is 3.49. The molecule has 0 spiro atoms. The number of aliphatic hydroxyl groups is 1. The fourth-order valence-corrected chi connectivity index (χ4v) is 3.48. The molecule has 3 aromatic rings. The molecule has 1 aliphatic carbocycles. The lowest BCUT2D eigenvalue weighted by Crippen LogP contribution is -2.29. The molecule has 3 N–H and O–H groups in total. The molecule has 6 nitrogen and oxygen atoms in total. The summed E-state index contributed by atoms with van der Waals surface area (Å²) in [5.74, 6) is -0.309. The number of aromatic nitrogens is 3. The number of fused-ring (bicyclic) bond motifs is 1. The van der Waals surface area contributed by atoms with E-state index in [1.807, 2.05) is 45.2 Å². The number of aryl methyl sites for hydroxylation is 1. The normalized spacial score (nSPS) is 15.6. The van der Waals surface area contributed by atoms with Crippen LogP contribution in [0.1, 0.15) is 43.6 Å². The van der Waals surface area contributed by atoms with Crippen molar-refractivity contribution in [3.8, 4) is 11.3 Å². The monoisotopic (exact) mass is 376 g/mol. The highest BCUT2D eigenvalue weighted by Gasteiger charge is 2.51. The second-order valence-corrected chi connectivity index (χ2v) is 8.36. The molecule has 0 unspecified atom stereocenters. The number of nitrogens with two attached hydrogens (primary N) is 1. The van der Waals surface area contributed by atoms with Crippen LogP contribution in [0, 0.1) is 6.92 Å². The van der Waals surface area contributed by atoms with Crippen LogP contribution in [0.5, 0.6) is 0 Å². The molecule has 0 saturated heterocycles. The highest BCUT2D eigenvalue weighted by Crippen LogP contribution is 2.47. The molecule has 3 aromatic heterocycles. The van der Waals surface area contributed by atoms with Crippen molar-refractivity contribution in [2.45, 2.75) is 44.4 Å². The Labute approximate surface area is 163 Å². The van der Waals surface area contributed by atoms with Gasteiger partial charge in [-0.2, -0.15) is 0 Å². The summed E-state index contributed by atoms with van der Waals surface area (Å²) in [5.41, 5.74) is 8.97. The maximum atomic E-state index is 11.8. The van der Waals surface area contributed by atoms with Crippen LogP contribution in [-0.2, 0) is 15.6 Å². The van der Waals surface area contributed by atoms with Gasteiger partial charge in [0.1, 0.15) is 0 Å². The Bertz CT molecular complexity index is 1090. The fourth-order valence-electron chi connectivity index (χ4n) is 3.48. The fraction of sp³-hybridized carbons (Fsp3) is 0.364. The van der Waals surface area contributed by atoms with Crippen molar-refractivity contribution in [1.29, 1.82) is 0 Å². The lowest BCUT2D eigenvalue weighted by molar-refractivity contribution is -0.120. The summed E-state index contributed by atoms with van der Waals surface area (Å²) >= 11 is 0. The zero-order valence-corrected chi connectivity index (χ0v) is 16.4. The van der Waals surface area contributed by atoms with E-state index in [-0.39, 0.29) is 17.9 Å². The average molecular weight is 376 g/mol. The summed E-state index contributed by atoms with van der Waals surface area (Å²) in [4.78, 5) is 25.4. The van der Waals surface area contributed by atoms with E-state index in [4.69, 9.17) is 5.73 Å². The molecule has 0 aliphatic heterocycles. The molecular weight excluding hydrogens is 352 g/mol. The van der Waals surface area contributed by atoms with Gasteiger partial charge in [-0.05, 0) is 43.5 Å². The lowest BCUT2D eigenvalue weighted by atomic mass is 9.88. The molecule has 1 saturated carbocycles. The first-order chi connectivity index (χ1) is 13.3. The van der Waals surface area contributed by atoms with Crippen LogP contribution in [0.4, 0.5) is 0 Å². The van der Waals surface area contributed by atoms with Crippen molar-refractivity contribution < 1.29 is 9.90 Å². The number of hydrogen-bond donors (Lipinski definition) is 2. The standard InChI is InChI=1S/C22H24N4O2/c1-13-6-18(21(2,3)12-27)26-11-16(13)17-7-14-10-25-19(8-15(14)9-24-17)22(4-5-22)20(23)28/h6-11,27H,4-5,12H2,1-3H3,(H2,23,28). The maximum Gasteiger partial charge on any atom is 0.229 e. The van der Waals surface area contributed by atoms with Crippen LogP contribution in [0.15, 0.2) is 36.8 Å². The number of nitrogens with zero attached hydrogens (tertiary/aromatic N) is 3. The predicted octanol–water partition coefficient (Wildman–Crippen LogP) is 2.79. The Morgan fingerprint density at radius 2 is 1.79 bits per heavy atom. The van der Waals surface area contributed by atoms with Crippen molar-refractivity contribution in [1.82, 2.24) is 15.0 Å². The largest absolute Gasteiger partial charge is 0.395 e. The molecule has 0 aromatic carbocycles. The molecule has 144 valence electrons. The molecule has 0 bridgehead atoms. The Morgan fingerprint density at radius 1 is 1.11 bits per heavy atom. The van der Waals surface area contributed by atoms with Crippen LogP contribution in [0.25, 0.3) is 22.0 Å². The minimum Gasteiger partial charge on any atom is -0.395 e. The van der Waals surface area contributed by atoms with E-state index in [1.54, 1.807) is 12.4 Å². The van der Waals surface area contributed by atoms with Gasteiger partial charge in [-0.1, -0.05) is 13.8 Å². The minimum atomic E-state index is -0.595. The topological polar surface area (TPSA) is 102 Å². The number of hydrogen-bond acceptors (Lipinski definition) is 5. The number of carbonyl (C=O) groups excluding carboxylic acids is 1. The molecule has 6 heteroatoms. The molecule has 3 heterocycles. The van der Waals surface area contributed by atoms with Crippen LogP contribution >= 0.6 is 0 Å². The Balaban J connectivity index is 1.72. The predicted molar refractivity (Wildman–Crippen MR) is 108 cm³/mol. The van der Waals surface area contributed by atoms with Gasteiger partial charge in [-0.3, -0.25) is 19.7 Å². The quantitative estimate of drug-likeness (QED) is 0.713. The van der Waals surface area contributed by atoms with Gasteiger partial charge >= 0.3 is 0 Å². The van der Waals surface area contributed by atoms with E-state index in [9.17, 15) is 9.90 Å². The van der Waals surface area contributed by atoms with Crippen molar-refractivity contribution in [3.63, 3.8) is 0 Å². The number of carbonyl (C=O) groups is 1. The number of rotatable bonds is 5. The van der Waals surface area contributed by atoms with Crippen molar-refractivity contribution >= 4 is 16.7 Å². The highest BCUT2D eigenvalue weighted by molar-refractivity contribution is 5.91. The van der Waals surface area contributed by atoms with E-state index in [0.29, 0.717) is 0 Å². The van der Waals surface area contributed by atoms with Gasteiger partial charge in [0.2, 0.25) is 5.91 Å². The van der Waals surface area contributed by atoms with Gasteiger partial charge in [-0.25, -0.2) is 0 Å². The first kappa shape index (κ1) is 18.5. The van der Waals surface area contributed by atoms with Gasteiger partial charge in [0.25, 0.3) is 0 Å². The summed E-state index contributed by atoms with van der Waals surface area (Å²) in [7, 11) is 0. The maximum absolute atomic E-state index is 11.8. The zero-order chi connectivity index (χ0) is 20.1. The third kappa shape index (κ3) is 2.94. The van der Waals surface area contributed by atoms with Crippen molar-refractivity contribution in [3.05, 3.63) is 53.7 Å². The Hall–Kier alpha value is -2.86. The molecule has 4 rings (SSSR count). The molecule has 1 amide bonds. The zero-order valence-electron chi connectivity index (χ0n) is 16.4. The summed E-state index contributed by atoms with van der Waals surface area (Å²) in [6.45, 7) is 5.98. The SMILES string of the molecule is Cc1cc(C(C)(C)CO)ncc1-c1cc2cnc(C3(C(N)=O)CC3)cc2cn1. The highest BCUT2D eigenvalue weighted by atomic mass is 16.3. The third-order valence-electron chi connectivity index (χ3n) is 5.79. The second-order valence-electron chi connectivity index (χ2n) is 8.36. The summed E-state index contributed by atoms with van der Waals surface area (Å²) in [6, 6.07) is 5.90. The van der Waals surface area contributed by atoms with E-state index in [0.717, 1.165) is 51.8 Å². The number of pyridine rings is 3. The number of amides is 1. The van der Waals surface area contributed by atoms with Crippen LogP contribution in [-0.4, -0.2) is 32.6 Å². The molecule has 28 heavy (non-hydrogen) atoms. The minimum absolute atomic E-state index is 0.0355. The van der Waals surface area contributed by atoms with Crippen molar-refractivity contribution in [2.75, 3.05) is 6.61 Å². The van der Waals surface area contributed by atoms with Crippen LogP contribution < -0.4 is 5.73 Å². The molecular formula is C22H24N4O2. The van der Waals surface area contributed by atoms with Crippen LogP contribution in [0.3, 0.4) is 0 Å². The lowest BCUT2D eigenvalue weighted by Gasteiger charge is -2.22. The number of primary amides is 1. The molecule has 1 fully saturated rings. The summed E-state index contributed by atoms with van der Waals surface area (Å²) in [5, 5.41) is 11.5. The van der Waals surface area contributed by atoms with Crippen molar-refractivity contribution in [2.24, 2.45) is 5.73 Å². The molecule has 0 radical (unpaired) electrons. The van der Waals surface area contributed by atoms with E-state index >= 15 is 0 Å². The molecule has 0 atom stereocenters. The van der Waals surface area contributed by atoms with Gasteiger partial charge in [-0.15, -0.1) is 0 Å². The van der Waals surface area contributed by atoms with E-state index in [1.165, 1.54) is 0 Å². The molecule has 1 aliphatic rings.